The third-order valence-corrected chi connectivity index (χ3v) is 8.75. The highest BCUT2D eigenvalue weighted by Gasteiger charge is 2.40. The second kappa shape index (κ2) is 6.43. The molecule has 0 unspecified atom stereocenters. The Morgan fingerprint density at radius 1 is 1.09 bits per heavy atom. The maximum Gasteiger partial charge on any atom is 0.217 e. The zero-order valence-electron chi connectivity index (χ0n) is 13.5. The van der Waals surface area contributed by atoms with Crippen LogP contribution in [0.4, 0.5) is 0 Å². The largest absolute Gasteiger partial charge is 0.295 e. The van der Waals surface area contributed by atoms with Gasteiger partial charge in [-0.1, -0.05) is 12.8 Å². The first-order chi connectivity index (χ1) is 11.1. The van der Waals surface area contributed by atoms with Crippen molar-refractivity contribution in [1.29, 1.82) is 0 Å². The maximum atomic E-state index is 12.3. The Bertz CT molecular complexity index is 640. The molecule has 1 aromatic rings. The van der Waals surface area contributed by atoms with Crippen molar-refractivity contribution in [3.63, 3.8) is 0 Å². The van der Waals surface area contributed by atoms with Crippen molar-refractivity contribution in [2.75, 3.05) is 26.2 Å². The average molecular weight is 356 g/mol. The molecule has 4 rings (SSSR count). The standard InChI is InChI=1S/C16H25N3O2S2/c20-23(21,15-5-6-15)19-9-7-18(8-10-19)11-14-12-22-16(17-14)13-3-1-2-4-13/h12-13,15H,1-11H2. The second-order valence-corrected chi connectivity index (χ2v) is 10.2. The SMILES string of the molecule is O=S(=O)(C1CC1)N1CCN(Cc2csc(C3CCCC3)n2)CC1. The highest BCUT2D eigenvalue weighted by atomic mass is 32.2. The van der Waals surface area contributed by atoms with E-state index in [9.17, 15) is 8.42 Å². The summed E-state index contributed by atoms with van der Waals surface area (Å²) in [5.74, 6) is 0.689. The first kappa shape index (κ1) is 16.0. The molecule has 3 fully saturated rings. The summed E-state index contributed by atoms with van der Waals surface area (Å²) in [6.45, 7) is 3.78. The Labute approximate surface area is 142 Å². The van der Waals surface area contributed by atoms with Gasteiger partial charge in [-0.05, 0) is 25.7 Å². The number of sulfonamides is 1. The minimum Gasteiger partial charge on any atom is -0.295 e. The predicted molar refractivity (Wildman–Crippen MR) is 92.1 cm³/mol. The molecule has 0 bridgehead atoms. The molecule has 128 valence electrons. The van der Waals surface area contributed by atoms with Crippen LogP contribution in [-0.2, 0) is 16.6 Å². The molecule has 0 atom stereocenters. The zero-order chi connectivity index (χ0) is 15.9. The molecule has 0 N–H and O–H groups in total. The van der Waals surface area contributed by atoms with Crippen molar-refractivity contribution >= 4 is 21.4 Å². The van der Waals surface area contributed by atoms with E-state index >= 15 is 0 Å². The number of piperazine rings is 1. The molecule has 0 spiro atoms. The molecule has 7 heteroatoms. The van der Waals surface area contributed by atoms with Crippen LogP contribution in [-0.4, -0.2) is 54.0 Å². The van der Waals surface area contributed by atoms with Crippen molar-refractivity contribution in [2.24, 2.45) is 0 Å². The van der Waals surface area contributed by atoms with Crippen LogP contribution in [0.15, 0.2) is 5.38 Å². The Morgan fingerprint density at radius 3 is 2.43 bits per heavy atom. The van der Waals surface area contributed by atoms with Crippen LogP contribution in [0.2, 0.25) is 0 Å². The zero-order valence-corrected chi connectivity index (χ0v) is 15.1. The normalized spacial score (nSPS) is 25.2. The van der Waals surface area contributed by atoms with Gasteiger partial charge in [-0.2, -0.15) is 4.31 Å². The molecular weight excluding hydrogens is 330 g/mol. The highest BCUT2D eigenvalue weighted by Crippen LogP contribution is 2.36. The van der Waals surface area contributed by atoms with Crippen LogP contribution < -0.4 is 0 Å². The fourth-order valence-electron chi connectivity index (χ4n) is 3.70. The van der Waals surface area contributed by atoms with Gasteiger partial charge in [-0.25, -0.2) is 13.4 Å². The van der Waals surface area contributed by atoms with Gasteiger partial charge in [0.2, 0.25) is 10.0 Å². The van der Waals surface area contributed by atoms with E-state index in [0.717, 1.165) is 38.2 Å². The van der Waals surface area contributed by atoms with E-state index in [-0.39, 0.29) is 5.25 Å². The lowest BCUT2D eigenvalue weighted by atomic mass is 10.1. The lowest BCUT2D eigenvalue weighted by molar-refractivity contribution is 0.180. The van der Waals surface area contributed by atoms with Crippen molar-refractivity contribution in [3.8, 4) is 0 Å². The van der Waals surface area contributed by atoms with E-state index in [1.165, 1.54) is 30.7 Å². The van der Waals surface area contributed by atoms with Crippen molar-refractivity contribution < 1.29 is 8.42 Å². The Balaban J connectivity index is 1.31. The van der Waals surface area contributed by atoms with E-state index in [2.05, 4.69) is 10.3 Å². The van der Waals surface area contributed by atoms with E-state index in [1.54, 1.807) is 4.31 Å². The number of hydrogen-bond acceptors (Lipinski definition) is 5. The summed E-state index contributed by atoms with van der Waals surface area (Å²) in [5.41, 5.74) is 1.16. The predicted octanol–water partition coefficient (Wildman–Crippen LogP) is 2.41. The molecule has 1 aromatic heterocycles. The van der Waals surface area contributed by atoms with Crippen molar-refractivity contribution in [1.82, 2.24) is 14.2 Å². The average Bonchev–Trinajstić information content (AvgIpc) is 3.08. The quantitative estimate of drug-likeness (QED) is 0.814. The van der Waals surface area contributed by atoms with Crippen molar-refractivity contribution in [2.45, 2.75) is 56.2 Å². The molecule has 2 aliphatic carbocycles. The summed E-state index contributed by atoms with van der Waals surface area (Å²) in [6.07, 6.45) is 6.99. The van der Waals surface area contributed by atoms with Crippen LogP contribution >= 0.6 is 11.3 Å². The van der Waals surface area contributed by atoms with Gasteiger partial charge in [0.25, 0.3) is 0 Å². The smallest absolute Gasteiger partial charge is 0.217 e. The Hall–Kier alpha value is -0.500. The molecule has 0 radical (unpaired) electrons. The van der Waals surface area contributed by atoms with Crippen LogP contribution in [0, 0.1) is 0 Å². The van der Waals surface area contributed by atoms with Crippen LogP contribution in [0.1, 0.15) is 55.1 Å². The van der Waals surface area contributed by atoms with Gasteiger partial charge < -0.3 is 0 Å². The van der Waals surface area contributed by atoms with Crippen LogP contribution in [0.25, 0.3) is 0 Å². The molecule has 1 aliphatic heterocycles. The first-order valence-corrected chi connectivity index (χ1v) is 11.2. The Kier molecular flexibility index (Phi) is 4.47. The number of thiazole rings is 1. The molecule has 2 saturated carbocycles. The second-order valence-electron chi connectivity index (χ2n) is 7.08. The van der Waals surface area contributed by atoms with E-state index in [0.29, 0.717) is 19.0 Å². The first-order valence-electron chi connectivity index (χ1n) is 8.78. The lowest BCUT2D eigenvalue weighted by Gasteiger charge is -2.33. The number of aromatic nitrogens is 1. The van der Waals surface area contributed by atoms with Crippen LogP contribution in [0.3, 0.4) is 0 Å². The number of hydrogen-bond donors (Lipinski definition) is 0. The van der Waals surface area contributed by atoms with E-state index in [1.807, 2.05) is 11.3 Å². The van der Waals surface area contributed by atoms with Gasteiger partial charge in [-0.15, -0.1) is 11.3 Å². The summed E-state index contributed by atoms with van der Waals surface area (Å²) in [5, 5.41) is 3.43. The minimum absolute atomic E-state index is 0.0819. The van der Waals surface area contributed by atoms with Gasteiger partial charge in [0.15, 0.2) is 0 Å². The van der Waals surface area contributed by atoms with Gasteiger partial charge in [0, 0.05) is 44.0 Å². The third kappa shape index (κ3) is 3.48. The summed E-state index contributed by atoms with van der Waals surface area (Å²) in [6, 6.07) is 0. The molecule has 2 heterocycles. The van der Waals surface area contributed by atoms with Gasteiger partial charge in [0.05, 0.1) is 16.0 Å². The van der Waals surface area contributed by atoms with Crippen molar-refractivity contribution in [3.05, 3.63) is 16.1 Å². The highest BCUT2D eigenvalue weighted by molar-refractivity contribution is 7.90. The topological polar surface area (TPSA) is 53.5 Å². The molecule has 0 aromatic carbocycles. The Morgan fingerprint density at radius 2 is 1.78 bits per heavy atom. The lowest BCUT2D eigenvalue weighted by Crippen LogP contribution is -2.49. The summed E-state index contributed by atoms with van der Waals surface area (Å²) in [4.78, 5) is 7.18. The minimum atomic E-state index is -3.00. The van der Waals surface area contributed by atoms with E-state index < -0.39 is 10.0 Å². The summed E-state index contributed by atoms with van der Waals surface area (Å²) >= 11 is 1.81. The van der Waals surface area contributed by atoms with Crippen LogP contribution in [0.5, 0.6) is 0 Å². The molecule has 23 heavy (non-hydrogen) atoms. The van der Waals surface area contributed by atoms with Gasteiger partial charge in [0.1, 0.15) is 0 Å². The summed E-state index contributed by atoms with van der Waals surface area (Å²) < 4.78 is 26.2. The molecular formula is C16H25N3O2S2. The fourth-order valence-corrected chi connectivity index (χ4v) is 6.51. The van der Waals surface area contributed by atoms with E-state index in [4.69, 9.17) is 4.98 Å². The molecule has 3 aliphatic rings. The third-order valence-electron chi connectivity index (χ3n) is 5.30. The van der Waals surface area contributed by atoms with Gasteiger partial charge in [-0.3, -0.25) is 4.90 Å². The molecule has 1 saturated heterocycles. The monoisotopic (exact) mass is 355 g/mol. The number of nitrogens with zero attached hydrogens (tertiary/aromatic N) is 3. The number of rotatable bonds is 5. The molecule has 5 nitrogen and oxygen atoms in total. The fraction of sp³-hybridized carbons (Fsp3) is 0.812. The molecule has 0 amide bonds. The van der Waals surface area contributed by atoms with Gasteiger partial charge >= 0.3 is 0 Å². The summed E-state index contributed by atoms with van der Waals surface area (Å²) in [7, 11) is -3.00. The maximum absolute atomic E-state index is 12.3.